The Labute approximate surface area is 129 Å². The third kappa shape index (κ3) is 2.99. The zero-order chi connectivity index (χ0) is 14.9. The summed E-state index contributed by atoms with van der Waals surface area (Å²) in [7, 11) is 0. The van der Waals surface area contributed by atoms with Gasteiger partial charge in [0, 0.05) is 43.6 Å². The van der Waals surface area contributed by atoms with Crippen molar-refractivity contribution in [1.29, 1.82) is 0 Å². The third-order valence-electron chi connectivity index (χ3n) is 4.63. The van der Waals surface area contributed by atoms with Gasteiger partial charge >= 0.3 is 0 Å². The minimum atomic E-state index is -0.546. The van der Waals surface area contributed by atoms with Crippen molar-refractivity contribution in [1.82, 2.24) is 9.80 Å². The topological polar surface area (TPSA) is 58.8 Å². The van der Waals surface area contributed by atoms with Crippen LogP contribution in [0.1, 0.15) is 11.8 Å². The minimum absolute atomic E-state index is 0.156. The lowest BCUT2D eigenvalue weighted by Crippen LogP contribution is -2.56. The van der Waals surface area contributed by atoms with E-state index in [1.165, 1.54) is 4.88 Å². The van der Waals surface area contributed by atoms with E-state index in [0.29, 0.717) is 13.2 Å². The molecule has 2 fully saturated rings. The zero-order valence-electron chi connectivity index (χ0n) is 12.5. The second kappa shape index (κ2) is 6.04. The Morgan fingerprint density at radius 1 is 1.48 bits per heavy atom. The molecule has 2 unspecified atom stereocenters. The van der Waals surface area contributed by atoms with E-state index >= 15 is 0 Å². The molecule has 2 atom stereocenters. The number of hydrogen-bond acceptors (Lipinski definition) is 5. The SMILES string of the molecule is CC1(C(=O)N2CCN(Cc3cccs3)CC2)COCC1N. The van der Waals surface area contributed by atoms with Crippen molar-refractivity contribution in [2.75, 3.05) is 39.4 Å². The summed E-state index contributed by atoms with van der Waals surface area (Å²) in [5, 5.41) is 2.11. The molecule has 0 spiro atoms. The van der Waals surface area contributed by atoms with Gasteiger partial charge in [0.2, 0.25) is 5.91 Å². The van der Waals surface area contributed by atoms with Gasteiger partial charge in [-0.05, 0) is 18.4 Å². The van der Waals surface area contributed by atoms with Crippen molar-refractivity contribution < 1.29 is 9.53 Å². The van der Waals surface area contributed by atoms with Crippen molar-refractivity contribution in [3.8, 4) is 0 Å². The van der Waals surface area contributed by atoms with E-state index in [1.807, 2.05) is 11.8 Å². The lowest BCUT2D eigenvalue weighted by atomic mass is 9.84. The first kappa shape index (κ1) is 15.0. The second-order valence-electron chi connectivity index (χ2n) is 6.19. The summed E-state index contributed by atoms with van der Waals surface area (Å²) >= 11 is 1.79. The Kier molecular flexibility index (Phi) is 4.31. The van der Waals surface area contributed by atoms with Crippen LogP contribution in [-0.2, 0) is 16.1 Å². The molecule has 3 heterocycles. The molecule has 21 heavy (non-hydrogen) atoms. The highest BCUT2D eigenvalue weighted by molar-refractivity contribution is 7.09. The summed E-state index contributed by atoms with van der Waals surface area (Å²) in [4.78, 5) is 18.5. The largest absolute Gasteiger partial charge is 0.379 e. The molecule has 0 bridgehead atoms. The number of nitrogens with two attached hydrogens (primary N) is 1. The van der Waals surface area contributed by atoms with Gasteiger partial charge in [0.05, 0.1) is 18.6 Å². The summed E-state index contributed by atoms with van der Waals surface area (Å²) in [5.74, 6) is 0.156. The molecule has 1 aromatic rings. The highest BCUT2D eigenvalue weighted by Gasteiger charge is 2.46. The quantitative estimate of drug-likeness (QED) is 0.895. The molecule has 1 amide bonds. The maximum absolute atomic E-state index is 12.7. The van der Waals surface area contributed by atoms with Crippen LogP contribution in [0.2, 0.25) is 0 Å². The van der Waals surface area contributed by atoms with Crippen molar-refractivity contribution in [2.24, 2.45) is 11.1 Å². The second-order valence-corrected chi connectivity index (χ2v) is 7.22. The smallest absolute Gasteiger partial charge is 0.232 e. The van der Waals surface area contributed by atoms with E-state index < -0.39 is 5.41 Å². The molecular formula is C15H23N3O2S. The molecule has 116 valence electrons. The van der Waals surface area contributed by atoms with E-state index in [9.17, 15) is 4.79 Å². The molecule has 0 radical (unpaired) electrons. The van der Waals surface area contributed by atoms with Crippen LogP contribution in [0.15, 0.2) is 17.5 Å². The maximum Gasteiger partial charge on any atom is 0.232 e. The van der Waals surface area contributed by atoms with Gasteiger partial charge in [-0.25, -0.2) is 0 Å². The van der Waals surface area contributed by atoms with E-state index in [-0.39, 0.29) is 11.9 Å². The Balaban J connectivity index is 1.54. The highest BCUT2D eigenvalue weighted by Crippen LogP contribution is 2.30. The summed E-state index contributed by atoms with van der Waals surface area (Å²) in [6, 6.07) is 4.06. The number of hydrogen-bond donors (Lipinski definition) is 1. The maximum atomic E-state index is 12.7. The fraction of sp³-hybridized carbons (Fsp3) is 0.667. The summed E-state index contributed by atoms with van der Waals surface area (Å²) in [5.41, 5.74) is 5.51. The summed E-state index contributed by atoms with van der Waals surface area (Å²) in [6.07, 6.45) is 0. The molecule has 1 aromatic heterocycles. The monoisotopic (exact) mass is 309 g/mol. The molecule has 0 saturated carbocycles. The molecule has 0 aliphatic carbocycles. The van der Waals surface area contributed by atoms with Gasteiger partial charge < -0.3 is 15.4 Å². The fourth-order valence-corrected chi connectivity index (χ4v) is 3.75. The standard InChI is InChI=1S/C15H23N3O2S/c1-15(11-20-10-13(15)16)14(19)18-6-4-17(5-7-18)9-12-3-2-8-21-12/h2-3,8,13H,4-7,9-11,16H2,1H3. The van der Waals surface area contributed by atoms with E-state index in [4.69, 9.17) is 10.5 Å². The van der Waals surface area contributed by atoms with E-state index in [1.54, 1.807) is 11.3 Å². The number of rotatable bonds is 3. The predicted octanol–water partition coefficient (Wildman–Crippen LogP) is 0.756. The van der Waals surface area contributed by atoms with Crippen LogP contribution in [0.5, 0.6) is 0 Å². The molecule has 5 nitrogen and oxygen atoms in total. The first-order chi connectivity index (χ1) is 10.1. The van der Waals surface area contributed by atoms with Crippen LogP contribution in [0.25, 0.3) is 0 Å². The van der Waals surface area contributed by atoms with Crippen molar-refractivity contribution in [3.63, 3.8) is 0 Å². The lowest BCUT2D eigenvalue weighted by Gasteiger charge is -2.39. The first-order valence-electron chi connectivity index (χ1n) is 7.47. The number of thiophene rings is 1. The van der Waals surface area contributed by atoms with Crippen LogP contribution in [0.3, 0.4) is 0 Å². The molecule has 2 aliphatic rings. The average Bonchev–Trinajstić information content (AvgIpc) is 3.11. The van der Waals surface area contributed by atoms with Crippen LogP contribution >= 0.6 is 11.3 Å². The first-order valence-corrected chi connectivity index (χ1v) is 8.35. The number of carbonyl (C=O) groups is 1. The van der Waals surface area contributed by atoms with Crippen LogP contribution < -0.4 is 5.73 Å². The van der Waals surface area contributed by atoms with Crippen molar-refractivity contribution in [2.45, 2.75) is 19.5 Å². The Morgan fingerprint density at radius 2 is 2.24 bits per heavy atom. The molecule has 6 heteroatoms. The van der Waals surface area contributed by atoms with E-state index in [2.05, 4.69) is 22.4 Å². The van der Waals surface area contributed by atoms with Gasteiger partial charge in [-0.1, -0.05) is 6.07 Å². The molecule has 2 N–H and O–H groups in total. The van der Waals surface area contributed by atoms with Crippen LogP contribution in [0.4, 0.5) is 0 Å². The number of carbonyl (C=O) groups excluding carboxylic acids is 1. The lowest BCUT2D eigenvalue weighted by molar-refractivity contribution is -0.143. The van der Waals surface area contributed by atoms with Gasteiger partial charge in [0.25, 0.3) is 0 Å². The van der Waals surface area contributed by atoms with E-state index in [0.717, 1.165) is 32.7 Å². The molecular weight excluding hydrogens is 286 g/mol. The van der Waals surface area contributed by atoms with Gasteiger partial charge in [-0.3, -0.25) is 9.69 Å². The summed E-state index contributed by atoms with van der Waals surface area (Å²) < 4.78 is 5.39. The number of nitrogens with zero attached hydrogens (tertiary/aromatic N) is 2. The van der Waals surface area contributed by atoms with Crippen molar-refractivity contribution >= 4 is 17.2 Å². The average molecular weight is 309 g/mol. The Hall–Kier alpha value is -0.950. The van der Waals surface area contributed by atoms with Gasteiger partial charge in [0.1, 0.15) is 0 Å². The Morgan fingerprint density at radius 3 is 2.81 bits per heavy atom. The minimum Gasteiger partial charge on any atom is -0.379 e. The normalized spacial score (nSPS) is 30.8. The highest BCUT2D eigenvalue weighted by atomic mass is 32.1. The zero-order valence-corrected chi connectivity index (χ0v) is 13.3. The number of piperazine rings is 1. The molecule has 0 aromatic carbocycles. The number of amides is 1. The molecule has 2 saturated heterocycles. The van der Waals surface area contributed by atoms with Crippen LogP contribution in [-0.4, -0.2) is 61.1 Å². The molecule has 2 aliphatic heterocycles. The van der Waals surface area contributed by atoms with Gasteiger partial charge in [-0.15, -0.1) is 11.3 Å². The van der Waals surface area contributed by atoms with Crippen molar-refractivity contribution in [3.05, 3.63) is 22.4 Å². The predicted molar refractivity (Wildman–Crippen MR) is 83.1 cm³/mol. The third-order valence-corrected chi connectivity index (χ3v) is 5.49. The fourth-order valence-electron chi connectivity index (χ4n) is 3.00. The Bertz CT molecular complexity index is 485. The number of ether oxygens (including phenoxy) is 1. The van der Waals surface area contributed by atoms with Gasteiger partial charge in [0.15, 0.2) is 0 Å². The summed E-state index contributed by atoms with van der Waals surface area (Å²) in [6.45, 7) is 7.28. The van der Waals surface area contributed by atoms with Gasteiger partial charge in [-0.2, -0.15) is 0 Å². The van der Waals surface area contributed by atoms with Crippen LogP contribution in [0, 0.1) is 5.41 Å². The molecule has 3 rings (SSSR count).